The number of hydrogen-bond acceptors (Lipinski definition) is 3. The first-order valence-corrected chi connectivity index (χ1v) is 9.26. The zero-order valence-electron chi connectivity index (χ0n) is 13.0. The molecule has 2 rings (SSSR count). The van der Waals surface area contributed by atoms with Crippen LogP contribution in [0.15, 0.2) is 28.7 Å². The average molecular weight is 408 g/mol. The second kappa shape index (κ2) is 9.16. The van der Waals surface area contributed by atoms with E-state index in [0.29, 0.717) is 19.0 Å². The van der Waals surface area contributed by atoms with Crippen LogP contribution in [0.4, 0.5) is 0 Å². The molecule has 0 bridgehead atoms. The molecule has 0 spiro atoms. The Kier molecular flexibility index (Phi) is 8.25. The van der Waals surface area contributed by atoms with Crippen LogP contribution in [0.2, 0.25) is 0 Å². The lowest BCUT2D eigenvalue weighted by atomic mass is 9.84. The van der Waals surface area contributed by atoms with E-state index in [-0.39, 0.29) is 23.7 Å². The molecule has 1 aromatic carbocycles. The van der Waals surface area contributed by atoms with Crippen molar-refractivity contribution in [1.29, 1.82) is 0 Å². The number of carbonyl (C=O) groups excluding carboxylic acids is 1. The number of nitrogens with one attached hydrogen (secondary N) is 2. The number of amides is 1. The predicted molar refractivity (Wildman–Crippen MR) is 101 cm³/mol. The fourth-order valence-electron chi connectivity index (χ4n) is 2.38. The van der Waals surface area contributed by atoms with Gasteiger partial charge in [0.15, 0.2) is 0 Å². The van der Waals surface area contributed by atoms with Gasteiger partial charge in [0.2, 0.25) is 5.91 Å². The highest BCUT2D eigenvalue weighted by molar-refractivity contribution is 9.10. The number of halogens is 2. The molecule has 1 fully saturated rings. The Morgan fingerprint density at radius 2 is 2.27 bits per heavy atom. The minimum absolute atomic E-state index is 0. The van der Waals surface area contributed by atoms with Crippen LogP contribution in [0.1, 0.15) is 25.8 Å². The van der Waals surface area contributed by atoms with Crippen molar-refractivity contribution in [2.75, 3.05) is 24.6 Å². The third kappa shape index (κ3) is 6.11. The highest BCUT2D eigenvalue weighted by Crippen LogP contribution is 2.25. The number of thioether (sulfide) groups is 1. The number of carbonyl (C=O) groups is 1. The van der Waals surface area contributed by atoms with Crippen LogP contribution in [0, 0.1) is 0 Å². The zero-order chi connectivity index (χ0) is 15.3. The van der Waals surface area contributed by atoms with E-state index in [1.165, 1.54) is 5.56 Å². The van der Waals surface area contributed by atoms with Crippen molar-refractivity contribution in [3.63, 3.8) is 0 Å². The summed E-state index contributed by atoms with van der Waals surface area (Å²) in [5, 5.41) is 6.48. The van der Waals surface area contributed by atoms with Crippen molar-refractivity contribution in [3.8, 4) is 0 Å². The Bertz CT molecular complexity index is 493. The van der Waals surface area contributed by atoms with Gasteiger partial charge in [0.05, 0.1) is 0 Å². The van der Waals surface area contributed by atoms with E-state index in [2.05, 4.69) is 52.5 Å². The maximum Gasteiger partial charge on any atom is 0.221 e. The molecule has 1 saturated heterocycles. The lowest BCUT2D eigenvalue weighted by Crippen LogP contribution is -2.43. The van der Waals surface area contributed by atoms with Crippen LogP contribution in [0.25, 0.3) is 0 Å². The molecule has 0 aliphatic carbocycles. The molecule has 1 amide bonds. The molecular formula is C16H24BrClN2OS. The first kappa shape index (κ1) is 19.8. The predicted octanol–water partition coefficient (Wildman–Crippen LogP) is 3.36. The van der Waals surface area contributed by atoms with Crippen LogP contribution >= 0.6 is 40.1 Å². The molecule has 1 heterocycles. The molecule has 0 aromatic heterocycles. The molecule has 124 valence electrons. The van der Waals surface area contributed by atoms with E-state index in [0.717, 1.165) is 22.5 Å². The molecule has 3 nitrogen and oxygen atoms in total. The number of benzene rings is 1. The second-order valence-corrected chi connectivity index (χ2v) is 8.17. The second-order valence-electron chi connectivity index (χ2n) is 6.10. The van der Waals surface area contributed by atoms with Gasteiger partial charge in [-0.05, 0) is 17.7 Å². The van der Waals surface area contributed by atoms with Gasteiger partial charge in [0.25, 0.3) is 0 Å². The largest absolute Gasteiger partial charge is 0.355 e. The normalized spacial score (nSPS) is 18.4. The Morgan fingerprint density at radius 1 is 1.50 bits per heavy atom. The fourth-order valence-corrected chi connectivity index (χ4v) is 3.73. The van der Waals surface area contributed by atoms with Crippen molar-refractivity contribution in [2.45, 2.75) is 31.7 Å². The van der Waals surface area contributed by atoms with Gasteiger partial charge in [-0.1, -0.05) is 41.9 Å². The summed E-state index contributed by atoms with van der Waals surface area (Å²) in [5.41, 5.74) is 1.15. The summed E-state index contributed by atoms with van der Waals surface area (Å²) in [7, 11) is 0. The summed E-state index contributed by atoms with van der Waals surface area (Å²) in [6.45, 7) is 5.97. The summed E-state index contributed by atoms with van der Waals surface area (Å²) < 4.78 is 1.07. The molecule has 22 heavy (non-hydrogen) atoms. The van der Waals surface area contributed by atoms with E-state index < -0.39 is 0 Å². The van der Waals surface area contributed by atoms with Crippen molar-refractivity contribution in [3.05, 3.63) is 34.3 Å². The molecule has 1 atom stereocenters. The monoisotopic (exact) mass is 406 g/mol. The van der Waals surface area contributed by atoms with Crippen LogP contribution in [0.5, 0.6) is 0 Å². The van der Waals surface area contributed by atoms with Crippen molar-refractivity contribution in [1.82, 2.24) is 10.6 Å². The van der Waals surface area contributed by atoms with Gasteiger partial charge in [-0.2, -0.15) is 11.8 Å². The third-order valence-electron chi connectivity index (χ3n) is 3.76. The Balaban J connectivity index is 0.00000242. The van der Waals surface area contributed by atoms with Crippen molar-refractivity contribution < 1.29 is 4.79 Å². The van der Waals surface area contributed by atoms with Gasteiger partial charge in [0, 0.05) is 46.9 Å². The lowest BCUT2D eigenvalue weighted by Gasteiger charge is -2.27. The molecule has 6 heteroatoms. The van der Waals surface area contributed by atoms with E-state index in [1.54, 1.807) is 0 Å². The molecule has 0 saturated carbocycles. The number of rotatable bonds is 5. The lowest BCUT2D eigenvalue weighted by molar-refractivity contribution is -0.121. The highest BCUT2D eigenvalue weighted by Gasteiger charge is 2.23. The quantitative estimate of drug-likeness (QED) is 0.786. The van der Waals surface area contributed by atoms with E-state index in [9.17, 15) is 4.79 Å². The fraction of sp³-hybridized carbons (Fsp3) is 0.562. The Morgan fingerprint density at radius 3 is 2.91 bits per heavy atom. The molecule has 0 radical (unpaired) electrons. The molecule has 1 aromatic rings. The Labute approximate surface area is 151 Å². The van der Waals surface area contributed by atoms with Crippen LogP contribution in [-0.2, 0) is 10.2 Å². The summed E-state index contributed by atoms with van der Waals surface area (Å²) in [6.07, 6.45) is 0.571. The van der Waals surface area contributed by atoms with Crippen LogP contribution in [-0.4, -0.2) is 36.5 Å². The van der Waals surface area contributed by atoms with Crippen LogP contribution in [0.3, 0.4) is 0 Å². The SMILES string of the molecule is CC(C)(CNC(=O)CC1CSCCN1)c1cccc(Br)c1.Cl. The first-order valence-electron chi connectivity index (χ1n) is 7.31. The van der Waals surface area contributed by atoms with Crippen molar-refractivity contribution >= 4 is 46.0 Å². The Hall–Kier alpha value is -0.230. The van der Waals surface area contributed by atoms with Gasteiger partial charge >= 0.3 is 0 Å². The molecule has 2 N–H and O–H groups in total. The van der Waals surface area contributed by atoms with E-state index in [4.69, 9.17) is 0 Å². The molecule has 1 unspecified atom stereocenters. The summed E-state index contributed by atoms with van der Waals surface area (Å²) in [4.78, 5) is 12.1. The number of hydrogen-bond donors (Lipinski definition) is 2. The smallest absolute Gasteiger partial charge is 0.221 e. The molecular weight excluding hydrogens is 384 g/mol. The standard InChI is InChI=1S/C16H23BrN2OS.ClH/c1-16(2,12-4-3-5-13(17)8-12)11-19-15(20)9-14-10-21-7-6-18-14;/h3-5,8,14,18H,6-7,9-11H2,1-2H3,(H,19,20);1H. The maximum atomic E-state index is 12.1. The van der Waals surface area contributed by atoms with Gasteiger partial charge < -0.3 is 10.6 Å². The summed E-state index contributed by atoms with van der Waals surface area (Å²) in [5.74, 6) is 2.31. The average Bonchev–Trinajstić information content (AvgIpc) is 2.46. The minimum Gasteiger partial charge on any atom is -0.355 e. The summed E-state index contributed by atoms with van der Waals surface area (Å²) >= 11 is 5.42. The topological polar surface area (TPSA) is 41.1 Å². The van der Waals surface area contributed by atoms with Crippen molar-refractivity contribution in [2.24, 2.45) is 0 Å². The van der Waals surface area contributed by atoms with E-state index >= 15 is 0 Å². The van der Waals surface area contributed by atoms with Gasteiger partial charge in [0.1, 0.15) is 0 Å². The van der Waals surface area contributed by atoms with Gasteiger partial charge in [-0.3, -0.25) is 4.79 Å². The summed E-state index contributed by atoms with van der Waals surface area (Å²) in [6, 6.07) is 8.59. The van der Waals surface area contributed by atoms with Gasteiger partial charge in [-0.15, -0.1) is 12.4 Å². The third-order valence-corrected chi connectivity index (χ3v) is 5.39. The van der Waals surface area contributed by atoms with Crippen LogP contribution < -0.4 is 10.6 Å². The highest BCUT2D eigenvalue weighted by atomic mass is 79.9. The van der Waals surface area contributed by atoms with E-state index in [1.807, 2.05) is 23.9 Å². The first-order chi connectivity index (χ1) is 9.97. The molecule has 1 aliphatic heterocycles. The zero-order valence-corrected chi connectivity index (χ0v) is 16.2. The molecule has 1 aliphatic rings. The van der Waals surface area contributed by atoms with Gasteiger partial charge in [-0.25, -0.2) is 0 Å². The maximum absolute atomic E-state index is 12.1. The minimum atomic E-state index is -0.0752.